The Balaban J connectivity index is 1.58. The topological polar surface area (TPSA) is 81.3 Å². The Morgan fingerprint density at radius 1 is 1.13 bits per heavy atom. The highest BCUT2D eigenvalue weighted by Crippen LogP contribution is 2.22. The number of aromatic nitrogens is 4. The van der Waals surface area contributed by atoms with Gasteiger partial charge in [0.15, 0.2) is 0 Å². The monoisotopic (exact) mass is 421 g/mol. The summed E-state index contributed by atoms with van der Waals surface area (Å²) < 4.78 is 2.54. The average molecular weight is 422 g/mol. The first kappa shape index (κ1) is 19.8. The van der Waals surface area contributed by atoms with Crippen molar-refractivity contribution in [2.45, 2.75) is 26.8 Å². The Hall–Kier alpha value is -3.45. The molecule has 0 fully saturated rings. The second-order valence-electron chi connectivity index (χ2n) is 7.04. The fraction of sp³-hybridized carbons (Fsp3) is 0.182. The van der Waals surface area contributed by atoms with Crippen molar-refractivity contribution in [1.29, 1.82) is 0 Å². The summed E-state index contributed by atoms with van der Waals surface area (Å²) in [4.78, 5) is 25.2. The van der Waals surface area contributed by atoms with Crippen LogP contribution in [-0.2, 0) is 17.8 Å². The van der Waals surface area contributed by atoms with Gasteiger partial charge in [0.25, 0.3) is 5.56 Å². The Kier molecular flexibility index (Phi) is 5.37. The van der Waals surface area contributed by atoms with Crippen LogP contribution < -0.4 is 10.9 Å². The van der Waals surface area contributed by atoms with Crippen molar-refractivity contribution < 1.29 is 4.79 Å². The van der Waals surface area contributed by atoms with Crippen LogP contribution in [0.3, 0.4) is 0 Å². The molecule has 4 rings (SSSR count). The molecule has 0 aliphatic rings. The van der Waals surface area contributed by atoms with Crippen LogP contribution in [0.5, 0.6) is 0 Å². The first-order valence-corrected chi connectivity index (χ1v) is 9.93. The van der Waals surface area contributed by atoms with Crippen LogP contribution in [0.4, 0.5) is 5.69 Å². The zero-order valence-electron chi connectivity index (χ0n) is 16.6. The van der Waals surface area contributed by atoms with Gasteiger partial charge in [-0.1, -0.05) is 48.9 Å². The summed E-state index contributed by atoms with van der Waals surface area (Å²) in [5, 5.41) is 11.6. The van der Waals surface area contributed by atoms with Gasteiger partial charge in [-0.25, -0.2) is 9.20 Å². The number of halogens is 1. The second-order valence-corrected chi connectivity index (χ2v) is 7.44. The first-order chi connectivity index (χ1) is 14.4. The molecule has 4 aromatic rings. The summed E-state index contributed by atoms with van der Waals surface area (Å²) in [5.74, 6) is -0.394. The van der Waals surface area contributed by atoms with Gasteiger partial charge in [-0.3, -0.25) is 9.59 Å². The summed E-state index contributed by atoms with van der Waals surface area (Å²) in [7, 11) is 0. The molecule has 2 aromatic carbocycles. The number of aryl methyl sites for hydroxylation is 2. The van der Waals surface area contributed by atoms with E-state index in [1.807, 2.05) is 37.3 Å². The van der Waals surface area contributed by atoms with E-state index in [0.717, 1.165) is 22.2 Å². The number of nitrogens with zero attached hydrogens (tertiary/aromatic N) is 4. The van der Waals surface area contributed by atoms with Gasteiger partial charge in [-0.15, -0.1) is 0 Å². The number of carbonyl (C=O) groups excluding carboxylic acids is 1. The predicted molar refractivity (Wildman–Crippen MR) is 117 cm³/mol. The van der Waals surface area contributed by atoms with Crippen LogP contribution in [0.15, 0.2) is 59.7 Å². The number of anilines is 1. The van der Waals surface area contributed by atoms with E-state index in [1.165, 1.54) is 16.4 Å². The normalized spacial score (nSPS) is 11.0. The molecule has 0 radical (unpaired) electrons. The van der Waals surface area contributed by atoms with Gasteiger partial charge in [0.05, 0.1) is 16.4 Å². The molecule has 0 unspecified atom stereocenters. The van der Waals surface area contributed by atoms with E-state index in [1.54, 1.807) is 18.2 Å². The second kappa shape index (κ2) is 8.12. The molecular formula is C22H20ClN5O2. The smallest absolute Gasteiger partial charge is 0.293 e. The number of nitrogens with one attached hydrogen (secondary N) is 1. The van der Waals surface area contributed by atoms with Gasteiger partial charge >= 0.3 is 0 Å². The molecule has 8 heteroatoms. The zero-order chi connectivity index (χ0) is 21.3. The summed E-state index contributed by atoms with van der Waals surface area (Å²) in [6.07, 6.45) is 2.38. The van der Waals surface area contributed by atoms with Crippen molar-refractivity contribution in [2.24, 2.45) is 0 Å². The minimum atomic E-state index is -0.397. The van der Waals surface area contributed by atoms with Crippen molar-refractivity contribution in [3.63, 3.8) is 0 Å². The molecule has 30 heavy (non-hydrogen) atoms. The number of benzene rings is 2. The third-order valence-corrected chi connectivity index (χ3v) is 5.15. The number of amides is 1. The Labute approximate surface area is 177 Å². The fourth-order valence-corrected chi connectivity index (χ4v) is 3.43. The lowest BCUT2D eigenvalue weighted by molar-refractivity contribution is -0.117. The molecule has 0 atom stereocenters. The largest absolute Gasteiger partial charge is 0.323 e. The molecule has 0 spiro atoms. The molecule has 0 aliphatic heterocycles. The van der Waals surface area contributed by atoms with E-state index < -0.39 is 11.5 Å². The first-order valence-electron chi connectivity index (χ1n) is 9.55. The Bertz CT molecular complexity index is 1290. The molecule has 0 bridgehead atoms. The van der Waals surface area contributed by atoms with E-state index in [0.29, 0.717) is 21.9 Å². The maximum Gasteiger partial charge on any atom is 0.293 e. The van der Waals surface area contributed by atoms with Crippen molar-refractivity contribution in [1.82, 2.24) is 19.4 Å². The lowest BCUT2D eigenvalue weighted by Gasteiger charge is -2.08. The zero-order valence-corrected chi connectivity index (χ0v) is 17.3. The number of hydrogen-bond acceptors (Lipinski definition) is 4. The predicted octanol–water partition coefficient (Wildman–Crippen LogP) is 3.72. The molecule has 2 aromatic heterocycles. The minimum absolute atomic E-state index is 0.231. The lowest BCUT2D eigenvalue weighted by Crippen LogP contribution is -2.30. The molecule has 7 nitrogen and oxygen atoms in total. The number of fused-ring (bicyclic) bond motifs is 1. The van der Waals surface area contributed by atoms with Crippen molar-refractivity contribution in [3.8, 4) is 11.3 Å². The summed E-state index contributed by atoms with van der Waals surface area (Å²) in [5.41, 5.74) is 4.24. The standard InChI is InChI=1S/C22H20ClN5O2/c1-3-15-5-7-16(8-6-15)19-11-20-22(30)27(24-13-28(20)26-19)12-21(29)25-18-9-4-14(2)10-17(18)23/h4-11,13H,3,12H2,1-2H3,(H,25,29). The molecule has 0 saturated carbocycles. The molecule has 1 amide bonds. The maximum atomic E-state index is 12.8. The molecule has 0 aliphatic carbocycles. The summed E-state index contributed by atoms with van der Waals surface area (Å²) in [6.45, 7) is 3.77. The summed E-state index contributed by atoms with van der Waals surface area (Å²) >= 11 is 6.16. The highest BCUT2D eigenvalue weighted by Gasteiger charge is 2.13. The lowest BCUT2D eigenvalue weighted by atomic mass is 10.1. The van der Waals surface area contributed by atoms with Crippen LogP contribution in [0.1, 0.15) is 18.1 Å². The minimum Gasteiger partial charge on any atom is -0.323 e. The summed E-state index contributed by atoms with van der Waals surface area (Å²) in [6, 6.07) is 15.1. The van der Waals surface area contributed by atoms with Crippen LogP contribution in [-0.4, -0.2) is 25.3 Å². The SMILES string of the molecule is CCc1ccc(-c2cc3c(=O)n(CC(=O)Nc4ccc(C)cc4Cl)ncn3n2)cc1. The number of hydrogen-bond donors (Lipinski definition) is 1. The Morgan fingerprint density at radius 3 is 2.60 bits per heavy atom. The van der Waals surface area contributed by atoms with Crippen LogP contribution in [0.2, 0.25) is 5.02 Å². The maximum absolute atomic E-state index is 12.8. The van der Waals surface area contributed by atoms with E-state index in [4.69, 9.17) is 11.6 Å². The molecular weight excluding hydrogens is 402 g/mol. The van der Waals surface area contributed by atoms with Crippen LogP contribution >= 0.6 is 11.6 Å². The van der Waals surface area contributed by atoms with Gasteiger partial charge in [-0.2, -0.15) is 10.2 Å². The molecule has 1 N–H and O–H groups in total. The fourth-order valence-electron chi connectivity index (χ4n) is 3.15. The molecule has 2 heterocycles. The van der Waals surface area contributed by atoms with Gasteiger partial charge in [0.2, 0.25) is 5.91 Å². The van der Waals surface area contributed by atoms with Crippen LogP contribution in [0.25, 0.3) is 16.8 Å². The number of carbonyl (C=O) groups is 1. The third kappa shape index (κ3) is 3.97. The third-order valence-electron chi connectivity index (χ3n) is 4.84. The van der Waals surface area contributed by atoms with Crippen LogP contribution in [0, 0.1) is 6.92 Å². The molecule has 0 saturated heterocycles. The highest BCUT2D eigenvalue weighted by molar-refractivity contribution is 6.33. The molecule has 152 valence electrons. The average Bonchev–Trinajstić information content (AvgIpc) is 3.17. The van der Waals surface area contributed by atoms with E-state index in [-0.39, 0.29) is 6.54 Å². The Morgan fingerprint density at radius 2 is 1.90 bits per heavy atom. The van der Waals surface area contributed by atoms with E-state index >= 15 is 0 Å². The van der Waals surface area contributed by atoms with Gasteiger partial charge in [0, 0.05) is 5.56 Å². The number of rotatable bonds is 5. The quantitative estimate of drug-likeness (QED) is 0.532. The highest BCUT2D eigenvalue weighted by atomic mass is 35.5. The van der Waals surface area contributed by atoms with Crippen molar-refractivity contribution in [2.75, 3.05) is 5.32 Å². The van der Waals surface area contributed by atoms with Gasteiger partial charge in [0.1, 0.15) is 18.4 Å². The van der Waals surface area contributed by atoms with E-state index in [9.17, 15) is 9.59 Å². The van der Waals surface area contributed by atoms with Crippen molar-refractivity contribution >= 4 is 28.7 Å². The van der Waals surface area contributed by atoms with Gasteiger partial charge in [-0.05, 0) is 42.7 Å². The van der Waals surface area contributed by atoms with Gasteiger partial charge < -0.3 is 5.32 Å². The van der Waals surface area contributed by atoms with E-state index in [2.05, 4.69) is 22.4 Å². The van der Waals surface area contributed by atoms with Crippen molar-refractivity contribution in [3.05, 3.63) is 81.4 Å².